The summed E-state index contributed by atoms with van der Waals surface area (Å²) in [6, 6.07) is 7.10. The summed E-state index contributed by atoms with van der Waals surface area (Å²) in [6.45, 7) is 3.77. The minimum absolute atomic E-state index is 0.0501. The van der Waals surface area contributed by atoms with Gasteiger partial charge in [-0.3, -0.25) is 9.59 Å². The number of rotatable bonds is 7. The van der Waals surface area contributed by atoms with Gasteiger partial charge in [0.25, 0.3) is 0 Å². The first-order valence-corrected chi connectivity index (χ1v) is 6.40. The monoisotopic (exact) mass is 279 g/mol. The number of carbonyl (C=O) groups excluding carboxylic acids is 2. The average molecular weight is 279 g/mol. The second-order valence-corrected chi connectivity index (χ2v) is 4.82. The van der Waals surface area contributed by atoms with E-state index in [0.29, 0.717) is 12.2 Å². The van der Waals surface area contributed by atoms with E-state index in [4.69, 9.17) is 16.2 Å². The van der Waals surface area contributed by atoms with E-state index in [1.54, 1.807) is 24.3 Å². The Kier molecular flexibility index (Phi) is 5.99. The second kappa shape index (κ2) is 7.49. The van der Waals surface area contributed by atoms with Crippen LogP contribution in [0.1, 0.15) is 19.4 Å². The highest BCUT2D eigenvalue weighted by Crippen LogP contribution is 2.09. The van der Waals surface area contributed by atoms with Gasteiger partial charge in [-0.05, 0) is 31.5 Å². The highest BCUT2D eigenvalue weighted by molar-refractivity contribution is 5.84. The summed E-state index contributed by atoms with van der Waals surface area (Å²) in [5.41, 5.74) is 12.3. The van der Waals surface area contributed by atoms with Crippen molar-refractivity contribution in [1.29, 1.82) is 0 Å². The highest BCUT2D eigenvalue weighted by Gasteiger charge is 2.16. The van der Waals surface area contributed by atoms with Crippen LogP contribution in [0.15, 0.2) is 24.3 Å². The van der Waals surface area contributed by atoms with E-state index in [1.165, 1.54) is 4.90 Å². The van der Waals surface area contributed by atoms with Gasteiger partial charge >= 0.3 is 0 Å². The number of nitrogen functional groups attached to an aromatic ring is 1. The van der Waals surface area contributed by atoms with E-state index in [1.807, 2.05) is 13.8 Å². The van der Waals surface area contributed by atoms with Gasteiger partial charge in [-0.1, -0.05) is 12.1 Å². The maximum Gasteiger partial charge on any atom is 0.249 e. The zero-order chi connectivity index (χ0) is 15.1. The van der Waals surface area contributed by atoms with Crippen molar-refractivity contribution in [2.75, 3.05) is 18.9 Å². The first kappa shape index (κ1) is 16.0. The zero-order valence-electron chi connectivity index (χ0n) is 11.8. The van der Waals surface area contributed by atoms with Crippen LogP contribution in [0, 0.1) is 0 Å². The molecule has 0 spiro atoms. The van der Waals surface area contributed by atoms with Gasteiger partial charge in [0, 0.05) is 12.2 Å². The van der Waals surface area contributed by atoms with Crippen LogP contribution in [-0.2, 0) is 20.9 Å². The zero-order valence-corrected chi connectivity index (χ0v) is 11.8. The molecule has 1 aromatic rings. The van der Waals surface area contributed by atoms with Gasteiger partial charge in [-0.25, -0.2) is 0 Å². The molecule has 2 amide bonds. The minimum atomic E-state index is -0.557. The molecule has 20 heavy (non-hydrogen) atoms. The van der Waals surface area contributed by atoms with Gasteiger partial charge in [-0.2, -0.15) is 0 Å². The molecule has 0 atom stereocenters. The van der Waals surface area contributed by atoms with Crippen LogP contribution in [0.2, 0.25) is 0 Å². The Morgan fingerprint density at radius 3 is 2.35 bits per heavy atom. The molecule has 4 N–H and O–H groups in total. The fraction of sp³-hybridized carbons (Fsp3) is 0.429. The molecule has 0 fully saturated rings. The maximum atomic E-state index is 12.0. The lowest BCUT2D eigenvalue weighted by molar-refractivity contribution is -0.141. The van der Waals surface area contributed by atoms with Crippen molar-refractivity contribution >= 4 is 17.5 Å². The Labute approximate surface area is 118 Å². The van der Waals surface area contributed by atoms with Crippen LogP contribution in [0.25, 0.3) is 0 Å². The van der Waals surface area contributed by atoms with Gasteiger partial charge in [0.15, 0.2) is 0 Å². The summed E-state index contributed by atoms with van der Waals surface area (Å²) >= 11 is 0. The number of nitrogens with two attached hydrogens (primary N) is 2. The second-order valence-electron chi connectivity index (χ2n) is 4.82. The van der Waals surface area contributed by atoms with Crippen molar-refractivity contribution in [3.8, 4) is 0 Å². The molecule has 0 saturated carbocycles. The Morgan fingerprint density at radius 1 is 1.25 bits per heavy atom. The molecule has 0 unspecified atom stereocenters. The fourth-order valence-electron chi connectivity index (χ4n) is 1.59. The summed E-state index contributed by atoms with van der Waals surface area (Å²) in [4.78, 5) is 24.5. The van der Waals surface area contributed by atoms with Crippen molar-refractivity contribution in [1.82, 2.24) is 4.90 Å². The molecule has 0 saturated heterocycles. The molecule has 0 aliphatic carbocycles. The van der Waals surface area contributed by atoms with Crippen LogP contribution in [0.4, 0.5) is 5.69 Å². The molecule has 0 bridgehead atoms. The lowest BCUT2D eigenvalue weighted by Crippen LogP contribution is -2.40. The largest absolute Gasteiger partial charge is 0.399 e. The number of ether oxygens (including phenoxy) is 1. The molecule has 110 valence electrons. The number of hydrogen-bond donors (Lipinski definition) is 2. The van der Waals surface area contributed by atoms with Crippen LogP contribution >= 0.6 is 0 Å². The van der Waals surface area contributed by atoms with Crippen molar-refractivity contribution in [2.24, 2.45) is 5.73 Å². The Hall–Kier alpha value is -2.08. The highest BCUT2D eigenvalue weighted by atomic mass is 16.5. The van der Waals surface area contributed by atoms with Gasteiger partial charge in [0.1, 0.15) is 6.61 Å². The Bertz CT molecular complexity index is 457. The Balaban J connectivity index is 2.70. The molecular formula is C14H21N3O3. The first-order valence-electron chi connectivity index (χ1n) is 6.40. The van der Waals surface area contributed by atoms with E-state index in [9.17, 15) is 9.59 Å². The summed E-state index contributed by atoms with van der Waals surface area (Å²) in [6.07, 6.45) is -0.0501. The predicted molar refractivity (Wildman–Crippen MR) is 76.6 cm³/mol. The first-order chi connectivity index (χ1) is 9.38. The minimum Gasteiger partial charge on any atom is -0.399 e. The molecule has 1 rings (SSSR count). The smallest absolute Gasteiger partial charge is 0.249 e. The maximum absolute atomic E-state index is 12.0. The Morgan fingerprint density at radius 2 is 1.85 bits per heavy atom. The van der Waals surface area contributed by atoms with Crippen molar-refractivity contribution in [3.63, 3.8) is 0 Å². The summed E-state index contributed by atoms with van der Waals surface area (Å²) in [5.74, 6) is -0.826. The van der Waals surface area contributed by atoms with E-state index in [0.717, 1.165) is 5.56 Å². The van der Waals surface area contributed by atoms with E-state index in [-0.39, 0.29) is 25.2 Å². The van der Waals surface area contributed by atoms with Gasteiger partial charge < -0.3 is 21.1 Å². The third-order valence-corrected chi connectivity index (χ3v) is 2.59. The molecule has 0 aromatic heterocycles. The van der Waals surface area contributed by atoms with Crippen LogP contribution < -0.4 is 11.5 Å². The molecular weight excluding hydrogens is 258 g/mol. The molecule has 1 aromatic carbocycles. The molecule has 6 nitrogen and oxygen atoms in total. The summed E-state index contributed by atoms with van der Waals surface area (Å²) in [7, 11) is 0. The third kappa shape index (κ3) is 5.71. The summed E-state index contributed by atoms with van der Waals surface area (Å²) < 4.78 is 5.26. The summed E-state index contributed by atoms with van der Waals surface area (Å²) in [5, 5.41) is 0. The van der Waals surface area contributed by atoms with Gasteiger partial charge in [0.2, 0.25) is 11.8 Å². The molecule has 0 aliphatic rings. The van der Waals surface area contributed by atoms with E-state index >= 15 is 0 Å². The fourth-order valence-corrected chi connectivity index (χ4v) is 1.59. The number of benzene rings is 1. The quantitative estimate of drug-likeness (QED) is 0.710. The number of amides is 2. The van der Waals surface area contributed by atoms with Crippen LogP contribution in [0.3, 0.4) is 0 Å². The number of primary amides is 1. The predicted octanol–water partition coefficient (Wildman–Crippen LogP) is 0.508. The average Bonchev–Trinajstić information content (AvgIpc) is 2.37. The standard InChI is InChI=1S/C14H21N3O3/c1-10(2)20-9-14(19)17(8-13(16)18)7-11-3-5-12(15)6-4-11/h3-6,10H,7-9,15H2,1-2H3,(H2,16,18). The van der Waals surface area contributed by atoms with Crippen molar-refractivity contribution < 1.29 is 14.3 Å². The lowest BCUT2D eigenvalue weighted by Gasteiger charge is -2.22. The van der Waals surface area contributed by atoms with Crippen molar-refractivity contribution in [3.05, 3.63) is 29.8 Å². The van der Waals surface area contributed by atoms with Gasteiger partial charge in [0.05, 0.1) is 12.6 Å². The van der Waals surface area contributed by atoms with Crippen LogP contribution in [-0.4, -0.2) is 36.0 Å². The molecule has 0 aliphatic heterocycles. The lowest BCUT2D eigenvalue weighted by atomic mass is 10.2. The molecule has 0 radical (unpaired) electrons. The topological polar surface area (TPSA) is 98.6 Å². The van der Waals surface area contributed by atoms with Crippen molar-refractivity contribution in [2.45, 2.75) is 26.5 Å². The van der Waals surface area contributed by atoms with E-state index in [2.05, 4.69) is 0 Å². The number of hydrogen-bond acceptors (Lipinski definition) is 4. The number of anilines is 1. The van der Waals surface area contributed by atoms with Gasteiger partial charge in [-0.15, -0.1) is 0 Å². The normalized spacial score (nSPS) is 10.6. The number of nitrogens with zero attached hydrogens (tertiary/aromatic N) is 1. The van der Waals surface area contributed by atoms with Crippen LogP contribution in [0.5, 0.6) is 0 Å². The van der Waals surface area contributed by atoms with E-state index < -0.39 is 5.91 Å². The molecule has 0 heterocycles. The third-order valence-electron chi connectivity index (χ3n) is 2.59. The number of carbonyl (C=O) groups is 2. The SMILES string of the molecule is CC(C)OCC(=O)N(CC(N)=O)Cc1ccc(N)cc1. The molecule has 6 heteroatoms.